The molecule has 2 N–H and O–H groups in total. The molecule has 0 spiro atoms. The highest BCUT2D eigenvalue weighted by molar-refractivity contribution is 8.03. The Balaban J connectivity index is 1.61. The minimum Gasteiger partial charge on any atom is -0.393 e. The van der Waals surface area contributed by atoms with E-state index < -0.39 is 0 Å². The molecular formula is C16H24N2OS2. The molecule has 3 nitrogen and oxygen atoms in total. The first-order valence-electron chi connectivity index (χ1n) is 7.80. The van der Waals surface area contributed by atoms with Gasteiger partial charge >= 0.3 is 0 Å². The molecule has 116 valence electrons. The number of hydrogen-bond acceptors (Lipinski definition) is 5. The summed E-state index contributed by atoms with van der Waals surface area (Å²) in [6, 6.07) is 5.31. The SMILES string of the molecule is OC1CC(C(Cc2ccncc2)NC2CSCCSC2)C1. The molecule has 2 fully saturated rings. The summed E-state index contributed by atoms with van der Waals surface area (Å²) in [5.41, 5.74) is 1.35. The van der Waals surface area contributed by atoms with E-state index in [0.29, 0.717) is 18.0 Å². The fraction of sp³-hybridized carbons (Fsp3) is 0.688. The molecule has 1 saturated heterocycles. The molecule has 1 aromatic heterocycles. The van der Waals surface area contributed by atoms with Crippen molar-refractivity contribution in [1.82, 2.24) is 10.3 Å². The highest BCUT2D eigenvalue weighted by Crippen LogP contribution is 2.32. The largest absolute Gasteiger partial charge is 0.393 e. The second-order valence-corrected chi connectivity index (χ2v) is 8.36. The molecule has 5 heteroatoms. The van der Waals surface area contributed by atoms with Crippen LogP contribution < -0.4 is 5.32 Å². The van der Waals surface area contributed by atoms with Gasteiger partial charge in [-0.1, -0.05) is 0 Å². The van der Waals surface area contributed by atoms with Crippen LogP contribution in [0.25, 0.3) is 0 Å². The van der Waals surface area contributed by atoms with Crippen LogP contribution in [0.2, 0.25) is 0 Å². The summed E-state index contributed by atoms with van der Waals surface area (Å²) in [6.07, 6.45) is 6.63. The third-order valence-electron chi connectivity index (χ3n) is 4.38. The fourth-order valence-corrected chi connectivity index (χ4v) is 5.53. The van der Waals surface area contributed by atoms with Crippen molar-refractivity contribution >= 4 is 23.5 Å². The molecule has 0 radical (unpaired) electrons. The highest BCUT2D eigenvalue weighted by Gasteiger charge is 2.35. The molecular weight excluding hydrogens is 300 g/mol. The molecule has 3 rings (SSSR count). The maximum absolute atomic E-state index is 9.64. The molecule has 0 aromatic carbocycles. The molecule has 2 heterocycles. The van der Waals surface area contributed by atoms with E-state index in [1.807, 2.05) is 12.4 Å². The molecule has 0 bridgehead atoms. The van der Waals surface area contributed by atoms with Gasteiger partial charge in [0.1, 0.15) is 0 Å². The topological polar surface area (TPSA) is 45.2 Å². The summed E-state index contributed by atoms with van der Waals surface area (Å²) >= 11 is 4.13. The number of aliphatic hydroxyl groups excluding tert-OH is 1. The Bertz CT molecular complexity index is 418. The van der Waals surface area contributed by atoms with Crippen LogP contribution in [0.3, 0.4) is 0 Å². The third kappa shape index (κ3) is 4.62. The van der Waals surface area contributed by atoms with Crippen molar-refractivity contribution in [1.29, 1.82) is 0 Å². The summed E-state index contributed by atoms with van der Waals surface area (Å²) in [6.45, 7) is 0. The highest BCUT2D eigenvalue weighted by atomic mass is 32.2. The number of pyridine rings is 1. The first kappa shape index (κ1) is 15.7. The molecule has 1 saturated carbocycles. The third-order valence-corrected chi connectivity index (χ3v) is 6.90. The fourth-order valence-electron chi connectivity index (χ4n) is 3.11. The van der Waals surface area contributed by atoms with Crippen LogP contribution in [0.5, 0.6) is 0 Å². The Morgan fingerprint density at radius 2 is 1.86 bits per heavy atom. The lowest BCUT2D eigenvalue weighted by molar-refractivity contribution is 0.0232. The molecule has 1 unspecified atom stereocenters. The van der Waals surface area contributed by atoms with Gasteiger partial charge in [-0.2, -0.15) is 23.5 Å². The molecule has 0 amide bonds. The van der Waals surface area contributed by atoms with Gasteiger partial charge in [0, 0.05) is 47.5 Å². The van der Waals surface area contributed by atoms with Crippen LogP contribution >= 0.6 is 23.5 Å². The average molecular weight is 325 g/mol. The van der Waals surface area contributed by atoms with Gasteiger partial charge in [0.25, 0.3) is 0 Å². The average Bonchev–Trinajstić information content (AvgIpc) is 2.73. The Hall–Kier alpha value is -0.230. The van der Waals surface area contributed by atoms with E-state index >= 15 is 0 Å². The second-order valence-electron chi connectivity index (χ2n) is 6.06. The molecule has 1 aliphatic heterocycles. The number of hydrogen-bond donors (Lipinski definition) is 2. The van der Waals surface area contributed by atoms with E-state index in [2.05, 4.69) is 46.0 Å². The van der Waals surface area contributed by atoms with Crippen LogP contribution in [0.1, 0.15) is 18.4 Å². The lowest BCUT2D eigenvalue weighted by Gasteiger charge is -2.40. The van der Waals surface area contributed by atoms with Gasteiger partial charge in [-0.3, -0.25) is 4.98 Å². The van der Waals surface area contributed by atoms with Gasteiger partial charge in [0.15, 0.2) is 0 Å². The maximum Gasteiger partial charge on any atom is 0.0546 e. The van der Waals surface area contributed by atoms with Crippen molar-refractivity contribution in [3.63, 3.8) is 0 Å². The van der Waals surface area contributed by atoms with Gasteiger partial charge in [-0.25, -0.2) is 0 Å². The van der Waals surface area contributed by atoms with Crippen molar-refractivity contribution < 1.29 is 5.11 Å². The zero-order valence-corrected chi connectivity index (χ0v) is 13.9. The summed E-state index contributed by atoms with van der Waals surface area (Å²) in [5.74, 6) is 5.61. The van der Waals surface area contributed by atoms with Crippen LogP contribution in [0.15, 0.2) is 24.5 Å². The molecule has 1 atom stereocenters. The van der Waals surface area contributed by atoms with Crippen LogP contribution in [-0.4, -0.2) is 51.3 Å². The standard InChI is InChI=1S/C16H24N2OS2/c19-15-8-13(9-15)16(7-12-1-3-17-4-2-12)18-14-10-20-5-6-21-11-14/h1-4,13-16,18-19H,5-11H2. The van der Waals surface area contributed by atoms with Gasteiger partial charge in [0.2, 0.25) is 0 Å². The Kier molecular flexibility index (Phi) is 5.86. The van der Waals surface area contributed by atoms with E-state index in [1.165, 1.54) is 28.6 Å². The van der Waals surface area contributed by atoms with Crippen molar-refractivity contribution in [2.75, 3.05) is 23.0 Å². The lowest BCUT2D eigenvalue weighted by Crippen LogP contribution is -2.51. The minimum absolute atomic E-state index is 0.0744. The first-order chi connectivity index (χ1) is 10.3. The Labute approximate surface area is 135 Å². The lowest BCUT2D eigenvalue weighted by atomic mass is 9.75. The van der Waals surface area contributed by atoms with Gasteiger partial charge in [0.05, 0.1) is 6.10 Å². The van der Waals surface area contributed by atoms with Gasteiger partial charge in [-0.05, 0) is 42.9 Å². The first-order valence-corrected chi connectivity index (χ1v) is 10.1. The van der Waals surface area contributed by atoms with E-state index in [4.69, 9.17) is 0 Å². The molecule has 1 aliphatic carbocycles. The summed E-state index contributed by atoms with van der Waals surface area (Å²) < 4.78 is 0. The monoisotopic (exact) mass is 324 g/mol. The number of thioether (sulfide) groups is 2. The number of nitrogens with zero attached hydrogens (tertiary/aromatic N) is 1. The normalized spacial score (nSPS) is 28.6. The Morgan fingerprint density at radius 1 is 1.19 bits per heavy atom. The van der Waals surface area contributed by atoms with Crippen molar-refractivity contribution in [3.05, 3.63) is 30.1 Å². The smallest absolute Gasteiger partial charge is 0.0546 e. The second kappa shape index (κ2) is 7.86. The zero-order chi connectivity index (χ0) is 14.5. The number of aliphatic hydroxyl groups is 1. The van der Waals surface area contributed by atoms with Gasteiger partial charge in [-0.15, -0.1) is 0 Å². The number of aromatic nitrogens is 1. The summed E-state index contributed by atoms with van der Waals surface area (Å²) in [5, 5.41) is 13.5. The van der Waals surface area contributed by atoms with Crippen LogP contribution in [0, 0.1) is 5.92 Å². The predicted molar refractivity (Wildman–Crippen MR) is 92.0 cm³/mol. The molecule has 2 aliphatic rings. The molecule has 21 heavy (non-hydrogen) atoms. The molecule has 1 aromatic rings. The van der Waals surface area contributed by atoms with Crippen molar-refractivity contribution in [2.24, 2.45) is 5.92 Å². The zero-order valence-electron chi connectivity index (χ0n) is 12.3. The van der Waals surface area contributed by atoms with E-state index in [-0.39, 0.29) is 6.10 Å². The minimum atomic E-state index is -0.0744. The van der Waals surface area contributed by atoms with Crippen LogP contribution in [-0.2, 0) is 6.42 Å². The maximum atomic E-state index is 9.64. The summed E-state index contributed by atoms with van der Waals surface area (Å²) in [4.78, 5) is 4.10. The van der Waals surface area contributed by atoms with Crippen LogP contribution in [0.4, 0.5) is 0 Å². The number of nitrogens with one attached hydrogen (secondary N) is 1. The van der Waals surface area contributed by atoms with E-state index in [0.717, 1.165) is 19.3 Å². The Morgan fingerprint density at radius 3 is 2.48 bits per heavy atom. The van der Waals surface area contributed by atoms with Crippen molar-refractivity contribution in [2.45, 2.75) is 37.5 Å². The van der Waals surface area contributed by atoms with E-state index in [9.17, 15) is 5.11 Å². The summed E-state index contributed by atoms with van der Waals surface area (Å²) in [7, 11) is 0. The quantitative estimate of drug-likeness (QED) is 0.869. The van der Waals surface area contributed by atoms with Crippen molar-refractivity contribution in [3.8, 4) is 0 Å². The predicted octanol–water partition coefficient (Wildman–Crippen LogP) is 2.20. The van der Waals surface area contributed by atoms with Gasteiger partial charge < -0.3 is 10.4 Å². The van der Waals surface area contributed by atoms with E-state index in [1.54, 1.807) is 0 Å². The number of rotatable bonds is 5.